The molecule has 1 aromatic carbocycles. The molecule has 0 bridgehead atoms. The summed E-state index contributed by atoms with van der Waals surface area (Å²) in [6.07, 6.45) is 3.38. The summed E-state index contributed by atoms with van der Waals surface area (Å²) in [5.41, 5.74) is 3.60. The molecule has 8 nitrogen and oxygen atoms in total. The van der Waals surface area contributed by atoms with Crippen molar-refractivity contribution in [1.82, 2.24) is 24.8 Å². The predicted molar refractivity (Wildman–Crippen MR) is 103 cm³/mol. The van der Waals surface area contributed by atoms with Crippen LogP contribution < -0.4 is 4.72 Å². The van der Waals surface area contributed by atoms with Gasteiger partial charge in [0.25, 0.3) is 0 Å². The fourth-order valence-corrected chi connectivity index (χ4v) is 3.22. The summed E-state index contributed by atoms with van der Waals surface area (Å²) in [7, 11) is -3.30. The molecule has 0 fully saturated rings. The number of sulfonamides is 1. The topological polar surface area (TPSA) is 102 Å². The molecule has 0 saturated heterocycles. The van der Waals surface area contributed by atoms with Gasteiger partial charge in [0, 0.05) is 29.2 Å². The summed E-state index contributed by atoms with van der Waals surface area (Å²) in [4.78, 5) is 4.01. The van der Waals surface area contributed by atoms with Crippen LogP contribution in [0.25, 0.3) is 28.3 Å². The Bertz CT molecular complexity index is 1190. The molecule has 0 saturated carbocycles. The van der Waals surface area contributed by atoms with Crippen molar-refractivity contribution in [3.63, 3.8) is 0 Å². The SMILES string of the molecule is CCS(=O)(=O)Nc1ccc(-c2ccc3nnc(-c4ccncc4)n3n2)cc1. The Balaban J connectivity index is 1.70. The summed E-state index contributed by atoms with van der Waals surface area (Å²) >= 11 is 0. The molecule has 0 radical (unpaired) electrons. The van der Waals surface area contributed by atoms with E-state index in [0.717, 1.165) is 16.8 Å². The number of nitrogens with zero attached hydrogens (tertiary/aromatic N) is 5. The molecule has 0 aliphatic carbocycles. The first-order valence-electron chi connectivity index (χ1n) is 8.29. The summed E-state index contributed by atoms with van der Waals surface area (Å²) in [5, 5.41) is 13.0. The highest BCUT2D eigenvalue weighted by Crippen LogP contribution is 2.22. The van der Waals surface area contributed by atoms with Crippen molar-refractivity contribution in [3.8, 4) is 22.6 Å². The second-order valence-corrected chi connectivity index (χ2v) is 7.84. The van der Waals surface area contributed by atoms with Gasteiger partial charge in [-0.25, -0.2) is 8.42 Å². The van der Waals surface area contributed by atoms with Crippen LogP contribution in [0.4, 0.5) is 5.69 Å². The van der Waals surface area contributed by atoms with E-state index in [0.29, 0.717) is 17.2 Å². The molecule has 136 valence electrons. The van der Waals surface area contributed by atoms with E-state index in [1.54, 1.807) is 36.0 Å². The Morgan fingerprint density at radius 3 is 2.37 bits per heavy atom. The highest BCUT2D eigenvalue weighted by molar-refractivity contribution is 7.92. The average molecular weight is 380 g/mol. The van der Waals surface area contributed by atoms with Crippen LogP contribution in [0.5, 0.6) is 0 Å². The van der Waals surface area contributed by atoms with Crippen LogP contribution >= 0.6 is 0 Å². The molecule has 4 rings (SSSR count). The van der Waals surface area contributed by atoms with Gasteiger partial charge in [0.05, 0.1) is 11.4 Å². The first-order chi connectivity index (χ1) is 13.1. The second-order valence-electron chi connectivity index (χ2n) is 5.83. The number of fused-ring (bicyclic) bond motifs is 1. The number of rotatable bonds is 5. The summed E-state index contributed by atoms with van der Waals surface area (Å²) in [5.74, 6) is 0.653. The molecule has 4 aromatic rings. The molecule has 9 heteroatoms. The van der Waals surface area contributed by atoms with Crippen molar-refractivity contribution in [2.75, 3.05) is 10.5 Å². The largest absolute Gasteiger partial charge is 0.284 e. The zero-order valence-electron chi connectivity index (χ0n) is 14.4. The fourth-order valence-electron chi connectivity index (χ4n) is 2.58. The molecule has 3 heterocycles. The predicted octanol–water partition coefficient (Wildman–Crippen LogP) is 2.61. The van der Waals surface area contributed by atoms with Gasteiger partial charge in [-0.1, -0.05) is 12.1 Å². The normalized spacial score (nSPS) is 11.6. The van der Waals surface area contributed by atoms with Crippen LogP contribution in [0.1, 0.15) is 6.92 Å². The standard InChI is InChI=1S/C18H16N6O2S/c1-2-27(25,26)23-15-5-3-13(4-6-15)16-7-8-17-20-21-18(24(17)22-16)14-9-11-19-12-10-14/h3-12,23H,2H2,1H3. The quantitative estimate of drug-likeness (QED) is 0.571. The van der Waals surface area contributed by atoms with Crippen LogP contribution in [-0.2, 0) is 10.0 Å². The zero-order chi connectivity index (χ0) is 18.9. The van der Waals surface area contributed by atoms with Crippen LogP contribution in [0, 0.1) is 0 Å². The molecule has 0 spiro atoms. The van der Waals surface area contributed by atoms with Gasteiger partial charge in [0.2, 0.25) is 10.0 Å². The number of hydrogen-bond donors (Lipinski definition) is 1. The van der Waals surface area contributed by atoms with Crippen molar-refractivity contribution < 1.29 is 8.42 Å². The third-order valence-corrected chi connectivity index (χ3v) is 5.34. The van der Waals surface area contributed by atoms with Gasteiger partial charge in [-0.05, 0) is 43.3 Å². The van der Waals surface area contributed by atoms with Crippen LogP contribution in [-0.4, -0.2) is 39.0 Å². The Labute approximate surface area is 156 Å². The summed E-state index contributed by atoms with van der Waals surface area (Å²) in [6, 6.07) is 14.4. The second kappa shape index (κ2) is 6.76. The van der Waals surface area contributed by atoms with Crippen molar-refractivity contribution >= 4 is 21.4 Å². The highest BCUT2D eigenvalue weighted by atomic mass is 32.2. The maximum absolute atomic E-state index is 11.7. The molecule has 3 aromatic heterocycles. The highest BCUT2D eigenvalue weighted by Gasteiger charge is 2.11. The van der Waals surface area contributed by atoms with E-state index in [1.807, 2.05) is 36.4 Å². The van der Waals surface area contributed by atoms with Gasteiger partial charge >= 0.3 is 0 Å². The first-order valence-corrected chi connectivity index (χ1v) is 9.95. The van der Waals surface area contributed by atoms with Gasteiger partial charge in [-0.2, -0.15) is 9.61 Å². The maximum atomic E-state index is 11.7. The van der Waals surface area contributed by atoms with E-state index in [2.05, 4.69) is 25.0 Å². The van der Waals surface area contributed by atoms with Crippen molar-refractivity contribution in [2.45, 2.75) is 6.92 Å². The lowest BCUT2D eigenvalue weighted by molar-refractivity contribution is 0.602. The minimum absolute atomic E-state index is 0.0262. The van der Waals surface area contributed by atoms with E-state index >= 15 is 0 Å². The number of aromatic nitrogens is 5. The molecule has 1 N–H and O–H groups in total. The number of nitrogens with one attached hydrogen (secondary N) is 1. The van der Waals surface area contributed by atoms with E-state index in [4.69, 9.17) is 0 Å². The van der Waals surface area contributed by atoms with Crippen LogP contribution in [0.2, 0.25) is 0 Å². The molecule has 0 aliphatic rings. The number of benzene rings is 1. The van der Waals surface area contributed by atoms with Gasteiger partial charge in [-0.15, -0.1) is 10.2 Å². The van der Waals surface area contributed by atoms with Crippen molar-refractivity contribution in [1.29, 1.82) is 0 Å². The molecular weight excluding hydrogens is 364 g/mol. The lowest BCUT2D eigenvalue weighted by Gasteiger charge is -2.07. The molecule has 27 heavy (non-hydrogen) atoms. The summed E-state index contributed by atoms with van der Waals surface area (Å²) < 4.78 is 27.5. The summed E-state index contributed by atoms with van der Waals surface area (Å²) in [6.45, 7) is 1.59. The van der Waals surface area contributed by atoms with E-state index in [9.17, 15) is 8.42 Å². The Morgan fingerprint density at radius 2 is 1.67 bits per heavy atom. The molecule has 0 unspecified atom stereocenters. The van der Waals surface area contributed by atoms with Crippen molar-refractivity contribution in [2.24, 2.45) is 0 Å². The van der Waals surface area contributed by atoms with E-state index < -0.39 is 10.0 Å². The van der Waals surface area contributed by atoms with Crippen LogP contribution in [0.3, 0.4) is 0 Å². The lowest BCUT2D eigenvalue weighted by Crippen LogP contribution is -2.14. The zero-order valence-corrected chi connectivity index (χ0v) is 15.3. The molecular formula is C18H16N6O2S. The van der Waals surface area contributed by atoms with E-state index in [1.165, 1.54) is 0 Å². The minimum Gasteiger partial charge on any atom is -0.284 e. The maximum Gasteiger partial charge on any atom is 0.232 e. The van der Waals surface area contributed by atoms with Gasteiger partial charge < -0.3 is 0 Å². The smallest absolute Gasteiger partial charge is 0.232 e. The fraction of sp³-hybridized carbons (Fsp3) is 0.111. The Morgan fingerprint density at radius 1 is 0.926 bits per heavy atom. The Kier molecular flexibility index (Phi) is 4.28. The third kappa shape index (κ3) is 3.49. The van der Waals surface area contributed by atoms with Crippen molar-refractivity contribution in [3.05, 3.63) is 60.9 Å². The Hall–Kier alpha value is -3.33. The van der Waals surface area contributed by atoms with Gasteiger partial charge in [0.1, 0.15) is 0 Å². The third-order valence-electron chi connectivity index (χ3n) is 4.04. The minimum atomic E-state index is -3.30. The van der Waals surface area contributed by atoms with Crippen LogP contribution in [0.15, 0.2) is 60.9 Å². The molecule has 0 aliphatic heterocycles. The molecule has 0 amide bonds. The number of anilines is 1. The number of hydrogen-bond acceptors (Lipinski definition) is 6. The first kappa shape index (κ1) is 17.1. The lowest BCUT2D eigenvalue weighted by atomic mass is 10.1. The number of pyridine rings is 1. The van der Waals surface area contributed by atoms with Gasteiger partial charge in [-0.3, -0.25) is 9.71 Å². The average Bonchev–Trinajstić information content (AvgIpc) is 3.12. The van der Waals surface area contributed by atoms with E-state index in [-0.39, 0.29) is 5.75 Å². The molecule has 0 atom stereocenters. The van der Waals surface area contributed by atoms with Gasteiger partial charge in [0.15, 0.2) is 11.5 Å². The monoisotopic (exact) mass is 380 g/mol.